The molecule has 0 aliphatic carbocycles. The summed E-state index contributed by atoms with van der Waals surface area (Å²) in [6, 6.07) is 3.78. The van der Waals surface area contributed by atoms with E-state index in [0.29, 0.717) is 11.8 Å². The molecule has 106 valence electrons. The zero-order chi connectivity index (χ0) is 13.8. The first-order chi connectivity index (χ1) is 9.81. The van der Waals surface area contributed by atoms with Crippen LogP contribution in [0.3, 0.4) is 0 Å². The zero-order valence-corrected chi connectivity index (χ0v) is 11.7. The van der Waals surface area contributed by atoms with E-state index in [1.807, 2.05) is 19.1 Å². The molecule has 3 heterocycles. The van der Waals surface area contributed by atoms with Gasteiger partial charge in [0.1, 0.15) is 11.6 Å². The molecule has 0 unspecified atom stereocenters. The Morgan fingerprint density at radius 3 is 2.70 bits per heavy atom. The Labute approximate surface area is 118 Å². The molecule has 0 atom stereocenters. The fourth-order valence-corrected chi connectivity index (χ4v) is 2.43. The summed E-state index contributed by atoms with van der Waals surface area (Å²) in [5.74, 6) is 2.93. The van der Waals surface area contributed by atoms with Crippen LogP contribution in [0.15, 0.2) is 22.9 Å². The number of anilines is 3. The van der Waals surface area contributed by atoms with Gasteiger partial charge >= 0.3 is 0 Å². The van der Waals surface area contributed by atoms with E-state index in [1.165, 1.54) is 25.7 Å². The predicted octanol–water partition coefficient (Wildman–Crippen LogP) is 2.90. The molecule has 1 aliphatic rings. The van der Waals surface area contributed by atoms with Gasteiger partial charge in [0.2, 0.25) is 5.95 Å². The second-order valence-corrected chi connectivity index (χ2v) is 5.09. The van der Waals surface area contributed by atoms with Gasteiger partial charge in [-0.3, -0.25) is 0 Å². The van der Waals surface area contributed by atoms with Crippen LogP contribution in [0.1, 0.15) is 31.4 Å². The number of rotatable bonds is 3. The van der Waals surface area contributed by atoms with Crippen LogP contribution in [-0.4, -0.2) is 28.2 Å². The smallest absolute Gasteiger partial charge is 0.230 e. The van der Waals surface area contributed by atoms with Gasteiger partial charge in [-0.15, -0.1) is 0 Å². The van der Waals surface area contributed by atoms with Gasteiger partial charge in [-0.25, -0.2) is 4.98 Å². The van der Waals surface area contributed by atoms with Crippen molar-refractivity contribution in [3.8, 4) is 0 Å². The lowest BCUT2D eigenvalue weighted by atomic mass is 10.2. The molecule has 2 aromatic rings. The highest BCUT2D eigenvalue weighted by Crippen LogP contribution is 2.19. The second kappa shape index (κ2) is 5.90. The maximum atomic E-state index is 5.02. The maximum Gasteiger partial charge on any atom is 0.230 e. The van der Waals surface area contributed by atoms with Gasteiger partial charge in [0.25, 0.3) is 0 Å². The molecule has 0 radical (unpaired) electrons. The zero-order valence-electron chi connectivity index (χ0n) is 11.7. The van der Waals surface area contributed by atoms with Gasteiger partial charge in [0.05, 0.1) is 0 Å². The molecule has 0 saturated carbocycles. The van der Waals surface area contributed by atoms with Crippen molar-refractivity contribution in [2.45, 2.75) is 32.6 Å². The van der Waals surface area contributed by atoms with Gasteiger partial charge < -0.3 is 14.7 Å². The highest BCUT2D eigenvalue weighted by atomic mass is 16.5. The largest absolute Gasteiger partial charge is 0.360 e. The summed E-state index contributed by atoms with van der Waals surface area (Å²) < 4.78 is 5.02. The first-order valence-corrected chi connectivity index (χ1v) is 7.09. The van der Waals surface area contributed by atoms with Crippen LogP contribution >= 0.6 is 0 Å². The maximum absolute atomic E-state index is 5.02. The van der Waals surface area contributed by atoms with E-state index in [1.54, 1.807) is 6.20 Å². The standard InChI is InChI=1S/C14H19N5O/c1-11-10-12(18-20-11)16-14-15-7-6-13(17-14)19-8-4-2-3-5-9-19/h6-7,10H,2-5,8-9H2,1H3,(H,15,16,17,18). The summed E-state index contributed by atoms with van der Waals surface area (Å²) in [5, 5.41) is 6.95. The molecule has 1 saturated heterocycles. The summed E-state index contributed by atoms with van der Waals surface area (Å²) in [6.45, 7) is 3.99. The molecule has 6 heteroatoms. The third kappa shape index (κ3) is 3.07. The molecule has 1 fully saturated rings. The molecular formula is C14H19N5O. The minimum absolute atomic E-state index is 0.556. The Morgan fingerprint density at radius 1 is 1.20 bits per heavy atom. The van der Waals surface area contributed by atoms with Crippen molar-refractivity contribution in [3.05, 3.63) is 24.1 Å². The molecule has 3 rings (SSSR count). The fourth-order valence-electron chi connectivity index (χ4n) is 2.43. The average molecular weight is 273 g/mol. The normalized spacial score (nSPS) is 15.9. The molecule has 0 amide bonds. The van der Waals surface area contributed by atoms with Crippen LogP contribution in [0.5, 0.6) is 0 Å². The minimum Gasteiger partial charge on any atom is -0.360 e. The third-order valence-electron chi connectivity index (χ3n) is 3.44. The fraction of sp³-hybridized carbons (Fsp3) is 0.500. The Hall–Kier alpha value is -2.11. The van der Waals surface area contributed by atoms with Crippen LogP contribution in [0.25, 0.3) is 0 Å². The first-order valence-electron chi connectivity index (χ1n) is 7.09. The van der Waals surface area contributed by atoms with Crippen molar-refractivity contribution in [1.82, 2.24) is 15.1 Å². The van der Waals surface area contributed by atoms with Gasteiger partial charge in [-0.2, -0.15) is 4.98 Å². The number of hydrogen-bond donors (Lipinski definition) is 1. The van der Waals surface area contributed by atoms with E-state index in [9.17, 15) is 0 Å². The topological polar surface area (TPSA) is 67.1 Å². The number of aryl methyl sites for hydroxylation is 1. The van der Waals surface area contributed by atoms with E-state index in [2.05, 4.69) is 25.3 Å². The molecular weight excluding hydrogens is 254 g/mol. The van der Waals surface area contributed by atoms with Crippen LogP contribution in [-0.2, 0) is 0 Å². The Morgan fingerprint density at radius 2 is 2.00 bits per heavy atom. The second-order valence-electron chi connectivity index (χ2n) is 5.09. The van der Waals surface area contributed by atoms with Crippen LogP contribution in [0.2, 0.25) is 0 Å². The lowest BCUT2D eigenvalue weighted by molar-refractivity contribution is 0.400. The lowest BCUT2D eigenvalue weighted by Gasteiger charge is -2.21. The summed E-state index contributed by atoms with van der Waals surface area (Å²) in [4.78, 5) is 11.1. The molecule has 0 aromatic carbocycles. The molecule has 0 bridgehead atoms. The summed E-state index contributed by atoms with van der Waals surface area (Å²) in [6.07, 6.45) is 6.86. The van der Waals surface area contributed by atoms with E-state index in [-0.39, 0.29) is 0 Å². The Bertz CT molecular complexity index is 560. The summed E-state index contributed by atoms with van der Waals surface area (Å²) >= 11 is 0. The summed E-state index contributed by atoms with van der Waals surface area (Å²) in [7, 11) is 0. The van der Waals surface area contributed by atoms with Crippen molar-refractivity contribution in [2.24, 2.45) is 0 Å². The Kier molecular flexibility index (Phi) is 3.80. The van der Waals surface area contributed by atoms with Gasteiger partial charge in [-0.1, -0.05) is 18.0 Å². The number of hydrogen-bond acceptors (Lipinski definition) is 6. The number of nitrogens with one attached hydrogen (secondary N) is 1. The molecule has 6 nitrogen and oxygen atoms in total. The van der Waals surface area contributed by atoms with E-state index >= 15 is 0 Å². The molecule has 1 aliphatic heterocycles. The molecule has 20 heavy (non-hydrogen) atoms. The monoisotopic (exact) mass is 273 g/mol. The highest BCUT2D eigenvalue weighted by Gasteiger charge is 2.12. The van der Waals surface area contributed by atoms with Crippen LogP contribution in [0.4, 0.5) is 17.6 Å². The van der Waals surface area contributed by atoms with Crippen molar-refractivity contribution >= 4 is 17.6 Å². The molecule has 0 spiro atoms. The van der Waals surface area contributed by atoms with Gasteiger partial charge in [0.15, 0.2) is 5.82 Å². The van der Waals surface area contributed by atoms with Crippen LogP contribution in [0, 0.1) is 6.92 Å². The van der Waals surface area contributed by atoms with Crippen molar-refractivity contribution in [2.75, 3.05) is 23.3 Å². The van der Waals surface area contributed by atoms with Gasteiger partial charge in [0, 0.05) is 25.4 Å². The third-order valence-corrected chi connectivity index (χ3v) is 3.44. The average Bonchev–Trinajstić information content (AvgIpc) is 2.71. The molecule has 1 N–H and O–H groups in total. The molecule has 2 aromatic heterocycles. The van der Waals surface area contributed by atoms with E-state index < -0.39 is 0 Å². The van der Waals surface area contributed by atoms with Crippen molar-refractivity contribution in [1.29, 1.82) is 0 Å². The van der Waals surface area contributed by atoms with E-state index in [4.69, 9.17) is 4.52 Å². The first kappa shape index (κ1) is 12.9. The van der Waals surface area contributed by atoms with Crippen LogP contribution < -0.4 is 10.2 Å². The minimum atomic E-state index is 0.556. The highest BCUT2D eigenvalue weighted by molar-refractivity contribution is 5.50. The van der Waals surface area contributed by atoms with E-state index in [0.717, 1.165) is 24.7 Å². The van der Waals surface area contributed by atoms with Gasteiger partial charge in [-0.05, 0) is 25.8 Å². The SMILES string of the molecule is Cc1cc(Nc2nccc(N3CCCCCC3)n2)no1. The summed E-state index contributed by atoms with van der Waals surface area (Å²) in [5.41, 5.74) is 0. The number of nitrogens with zero attached hydrogens (tertiary/aromatic N) is 4. The lowest BCUT2D eigenvalue weighted by Crippen LogP contribution is -2.25. The quantitative estimate of drug-likeness (QED) is 0.927. The van der Waals surface area contributed by atoms with Crippen molar-refractivity contribution in [3.63, 3.8) is 0 Å². The number of aromatic nitrogens is 3. The van der Waals surface area contributed by atoms with Crippen molar-refractivity contribution < 1.29 is 4.52 Å². The Balaban J connectivity index is 1.74. The predicted molar refractivity (Wildman–Crippen MR) is 77.2 cm³/mol.